The van der Waals surface area contributed by atoms with E-state index in [0.29, 0.717) is 13.0 Å². The number of aryl methyl sites for hydroxylation is 2. The lowest BCUT2D eigenvalue weighted by atomic mass is 10.1. The van der Waals surface area contributed by atoms with Gasteiger partial charge in [-0.15, -0.1) is 0 Å². The molecule has 1 aromatic heterocycles. The number of hydrogen-bond donors (Lipinski definition) is 1. The Labute approximate surface area is 160 Å². The molecule has 1 atom stereocenters. The summed E-state index contributed by atoms with van der Waals surface area (Å²) >= 11 is 0. The third-order valence-electron chi connectivity index (χ3n) is 5.15. The highest BCUT2D eigenvalue weighted by Crippen LogP contribution is 2.23. The largest absolute Gasteiger partial charge is 0.497 e. The third kappa shape index (κ3) is 4.13. The van der Waals surface area contributed by atoms with E-state index in [9.17, 15) is 4.79 Å². The molecule has 0 bridgehead atoms. The van der Waals surface area contributed by atoms with Crippen LogP contribution in [-0.2, 0) is 11.2 Å². The first-order valence-corrected chi connectivity index (χ1v) is 9.17. The summed E-state index contributed by atoms with van der Waals surface area (Å²) in [7, 11) is 1.66. The maximum absolute atomic E-state index is 12.9. The second-order valence-electron chi connectivity index (χ2n) is 6.99. The Kier molecular flexibility index (Phi) is 5.48. The summed E-state index contributed by atoms with van der Waals surface area (Å²) in [6.45, 7) is 8.14. The maximum atomic E-state index is 12.9. The third-order valence-corrected chi connectivity index (χ3v) is 5.15. The van der Waals surface area contributed by atoms with Crippen LogP contribution in [0, 0.1) is 13.8 Å². The zero-order valence-corrected chi connectivity index (χ0v) is 16.4. The van der Waals surface area contributed by atoms with Gasteiger partial charge in [0.15, 0.2) is 0 Å². The number of aromatic nitrogens is 2. The summed E-state index contributed by atoms with van der Waals surface area (Å²) < 4.78 is 5.22. The number of benzene rings is 1. The van der Waals surface area contributed by atoms with Crippen molar-refractivity contribution in [3.05, 3.63) is 41.2 Å². The Bertz CT molecular complexity index is 799. The minimum absolute atomic E-state index is 0.108. The molecule has 3 rings (SSSR count). The lowest BCUT2D eigenvalue weighted by Crippen LogP contribution is -2.54. The fourth-order valence-corrected chi connectivity index (χ4v) is 3.63. The Morgan fingerprint density at radius 3 is 2.37 bits per heavy atom. The van der Waals surface area contributed by atoms with Crippen molar-refractivity contribution in [3.63, 3.8) is 0 Å². The van der Waals surface area contributed by atoms with E-state index in [-0.39, 0.29) is 17.9 Å². The molecule has 2 N–H and O–H groups in total. The molecule has 1 amide bonds. The molecule has 0 spiro atoms. The number of carbonyl (C=O) groups excluding carboxylic acids is 1. The molecule has 2 aromatic rings. The second kappa shape index (κ2) is 7.82. The average Bonchev–Trinajstić information content (AvgIpc) is 2.64. The molecule has 1 fully saturated rings. The first-order chi connectivity index (χ1) is 12.9. The fourth-order valence-electron chi connectivity index (χ4n) is 3.63. The molecule has 0 radical (unpaired) electrons. The van der Waals surface area contributed by atoms with Crippen molar-refractivity contribution >= 4 is 17.5 Å². The summed E-state index contributed by atoms with van der Waals surface area (Å²) in [5.41, 5.74) is 9.25. The van der Waals surface area contributed by atoms with Gasteiger partial charge in [-0.25, -0.2) is 9.97 Å². The smallest absolute Gasteiger partial charge is 0.227 e. The predicted octanol–water partition coefficient (Wildman–Crippen LogP) is 1.96. The topological polar surface area (TPSA) is 84.6 Å². The van der Waals surface area contributed by atoms with Crippen molar-refractivity contribution in [1.82, 2.24) is 14.9 Å². The molecule has 0 aliphatic carbocycles. The lowest BCUT2D eigenvalue weighted by Gasteiger charge is -2.41. The Balaban J connectivity index is 1.66. The van der Waals surface area contributed by atoms with E-state index in [1.807, 2.05) is 30.9 Å². The maximum Gasteiger partial charge on any atom is 0.227 e. The van der Waals surface area contributed by atoms with Crippen LogP contribution in [0.1, 0.15) is 23.9 Å². The predicted molar refractivity (Wildman–Crippen MR) is 106 cm³/mol. The first kappa shape index (κ1) is 18.9. The van der Waals surface area contributed by atoms with Crippen LogP contribution in [0.5, 0.6) is 5.75 Å². The van der Waals surface area contributed by atoms with Gasteiger partial charge in [0.1, 0.15) is 5.75 Å². The molecular formula is C20H27N5O2. The summed E-state index contributed by atoms with van der Waals surface area (Å²) in [6.07, 6.45) is 0.310. The number of carbonyl (C=O) groups is 1. The van der Waals surface area contributed by atoms with Crippen LogP contribution >= 0.6 is 0 Å². The van der Waals surface area contributed by atoms with Crippen molar-refractivity contribution in [3.8, 4) is 5.75 Å². The minimum atomic E-state index is 0.108. The van der Waals surface area contributed by atoms with Gasteiger partial charge < -0.3 is 20.3 Å². The van der Waals surface area contributed by atoms with Crippen LogP contribution in [0.25, 0.3) is 0 Å². The molecule has 7 nitrogen and oxygen atoms in total. The fraction of sp³-hybridized carbons (Fsp3) is 0.450. The molecule has 2 heterocycles. The minimum Gasteiger partial charge on any atom is -0.497 e. The molecule has 7 heteroatoms. The molecule has 0 unspecified atom stereocenters. The van der Waals surface area contributed by atoms with Gasteiger partial charge in [0, 0.05) is 48.3 Å². The van der Waals surface area contributed by atoms with E-state index in [2.05, 4.69) is 33.9 Å². The van der Waals surface area contributed by atoms with Crippen LogP contribution in [0.4, 0.5) is 11.6 Å². The molecule has 27 heavy (non-hydrogen) atoms. The quantitative estimate of drug-likeness (QED) is 0.887. The number of ether oxygens (including phenoxy) is 1. The van der Waals surface area contributed by atoms with E-state index >= 15 is 0 Å². The van der Waals surface area contributed by atoms with Gasteiger partial charge in [0.2, 0.25) is 11.9 Å². The highest BCUT2D eigenvalue weighted by Gasteiger charge is 2.28. The molecule has 1 aliphatic rings. The SMILES string of the molecule is COc1ccc(N2CCN(C(=O)Cc3c(C)nc(N)nc3C)[C@H](C)C2)cc1. The molecule has 1 aliphatic heterocycles. The summed E-state index contributed by atoms with van der Waals surface area (Å²) in [5.74, 6) is 1.20. The number of hydrogen-bond acceptors (Lipinski definition) is 6. The van der Waals surface area contributed by atoms with Crippen molar-refractivity contribution < 1.29 is 9.53 Å². The highest BCUT2D eigenvalue weighted by molar-refractivity contribution is 5.80. The van der Waals surface area contributed by atoms with Crippen molar-refractivity contribution in [2.45, 2.75) is 33.2 Å². The van der Waals surface area contributed by atoms with Gasteiger partial charge >= 0.3 is 0 Å². The second-order valence-corrected chi connectivity index (χ2v) is 6.99. The Morgan fingerprint density at radius 2 is 1.81 bits per heavy atom. The van der Waals surface area contributed by atoms with Crippen molar-refractivity contribution in [2.24, 2.45) is 0 Å². The zero-order chi connectivity index (χ0) is 19.6. The molecule has 1 saturated heterocycles. The van der Waals surface area contributed by atoms with E-state index in [0.717, 1.165) is 41.5 Å². The first-order valence-electron chi connectivity index (χ1n) is 9.17. The van der Waals surface area contributed by atoms with Crippen molar-refractivity contribution in [1.29, 1.82) is 0 Å². The monoisotopic (exact) mass is 369 g/mol. The van der Waals surface area contributed by atoms with Crippen LogP contribution in [0.3, 0.4) is 0 Å². The van der Waals surface area contributed by atoms with Crippen LogP contribution in [0.2, 0.25) is 0 Å². The number of anilines is 2. The van der Waals surface area contributed by atoms with Gasteiger partial charge in [-0.3, -0.25) is 4.79 Å². The Morgan fingerprint density at radius 1 is 1.19 bits per heavy atom. The van der Waals surface area contributed by atoms with E-state index in [1.165, 1.54) is 0 Å². The normalized spacial score (nSPS) is 17.1. The van der Waals surface area contributed by atoms with Gasteiger partial charge in [0.25, 0.3) is 0 Å². The number of nitrogens with two attached hydrogens (primary N) is 1. The number of piperazine rings is 1. The van der Waals surface area contributed by atoms with Crippen LogP contribution in [-0.4, -0.2) is 53.6 Å². The van der Waals surface area contributed by atoms with Gasteiger partial charge in [-0.05, 0) is 45.0 Å². The lowest BCUT2D eigenvalue weighted by molar-refractivity contribution is -0.132. The zero-order valence-electron chi connectivity index (χ0n) is 16.4. The standard InChI is InChI=1S/C20H27N5O2/c1-13-12-24(16-5-7-17(27-4)8-6-16)9-10-25(13)19(26)11-18-14(2)22-20(21)23-15(18)3/h5-8,13H,9-12H2,1-4H3,(H2,21,22,23)/t13-/m1/s1. The van der Waals surface area contributed by atoms with E-state index in [1.54, 1.807) is 7.11 Å². The molecule has 0 saturated carbocycles. The highest BCUT2D eigenvalue weighted by atomic mass is 16.5. The molecule has 144 valence electrons. The van der Waals surface area contributed by atoms with E-state index < -0.39 is 0 Å². The van der Waals surface area contributed by atoms with Gasteiger partial charge in [-0.2, -0.15) is 0 Å². The van der Waals surface area contributed by atoms with Crippen LogP contribution < -0.4 is 15.4 Å². The number of rotatable bonds is 4. The molecule has 1 aromatic carbocycles. The summed E-state index contributed by atoms with van der Waals surface area (Å²) in [5, 5.41) is 0. The Hall–Kier alpha value is -2.83. The van der Waals surface area contributed by atoms with Crippen LogP contribution in [0.15, 0.2) is 24.3 Å². The van der Waals surface area contributed by atoms with Gasteiger partial charge in [-0.1, -0.05) is 0 Å². The van der Waals surface area contributed by atoms with E-state index in [4.69, 9.17) is 10.5 Å². The summed E-state index contributed by atoms with van der Waals surface area (Å²) in [6, 6.07) is 8.17. The number of amides is 1. The molecular weight excluding hydrogens is 342 g/mol. The number of methoxy groups -OCH3 is 1. The van der Waals surface area contributed by atoms with Gasteiger partial charge in [0.05, 0.1) is 13.5 Å². The number of nitrogens with zero attached hydrogens (tertiary/aromatic N) is 4. The number of nitrogen functional groups attached to an aromatic ring is 1. The van der Waals surface area contributed by atoms with Crippen molar-refractivity contribution in [2.75, 3.05) is 37.4 Å². The summed E-state index contributed by atoms with van der Waals surface area (Å²) in [4.78, 5) is 25.5. The average molecular weight is 369 g/mol.